The first-order valence-corrected chi connectivity index (χ1v) is 41.4. The molecule has 31 N–H and O–H groups in total. The van der Waals surface area contributed by atoms with Gasteiger partial charge in [0.25, 0.3) is 6.47 Å². The SMILES string of the molecule is CC(=O)NC1C(O)[C@H](O[C@@H]2OC(CO[C@]3(OC=O)C[C@H](O)[C@@H](C)C([C@H](O)[C@@H](O)CO)O3)[C@H](O)[C@H](O)C2O)[C@@H](CO)O[C@@H]1OC1[C@H](OCC2O[C@@H](O[C@H]3C(CO)O[C@@H](O[C@H]4C(CO)O[C@@H](C)C(NC(C)=O)[C@H]4O)C(NC(C)=O)[C@H]3O)C(O)[C@@H](O[C@@H]3O[C@H](CO)[C@H](O)C(O)C3O[C@@H]3OC(CO)[C@H](O[C@@H]4OC(CO)[C@H](O)[C@H](O)C4O)[C@H](O)C3NC(C)=O)[C@H]2O)OC(CO)[C@H](O)[C@@H]1O. The van der Waals surface area contributed by atoms with Crippen molar-refractivity contribution < 1.29 is 257 Å². The van der Waals surface area contributed by atoms with Crippen LogP contribution in [0.2, 0.25) is 0 Å². The number of nitrogens with one attached hydrogen (secondary N) is 4. The maximum Gasteiger partial charge on any atom is 0.332 e. The minimum Gasteiger partial charge on any atom is -0.410 e. The molecule has 51 atom stereocenters. The number of rotatable bonds is 36. The van der Waals surface area contributed by atoms with Gasteiger partial charge in [-0.25, -0.2) is 0 Å². The third-order valence-electron chi connectivity index (χ3n) is 24.0. The number of carbonyl (C=O) groups is 5. The van der Waals surface area contributed by atoms with Gasteiger partial charge >= 0.3 is 5.97 Å². The van der Waals surface area contributed by atoms with Crippen LogP contribution in [0, 0.1) is 5.92 Å². The average Bonchev–Trinajstić information content (AvgIpc) is 0.804. The van der Waals surface area contributed by atoms with E-state index >= 15 is 0 Å². The summed E-state index contributed by atoms with van der Waals surface area (Å²) in [5.74, 6) is -7.25. The Bertz CT molecular complexity index is 3520. The van der Waals surface area contributed by atoms with E-state index in [1.807, 2.05) is 0 Å². The van der Waals surface area contributed by atoms with Crippen molar-refractivity contribution in [1.82, 2.24) is 21.3 Å². The Morgan fingerprint density at radius 2 is 0.667 bits per heavy atom. The number of hydrogen-bond donors (Lipinski definition) is 31. The van der Waals surface area contributed by atoms with Crippen LogP contribution in [0.5, 0.6) is 0 Å². The van der Waals surface area contributed by atoms with Gasteiger partial charge in [0.1, 0.15) is 226 Å². The van der Waals surface area contributed by atoms with Crippen molar-refractivity contribution >= 4 is 30.1 Å². The van der Waals surface area contributed by atoms with Gasteiger partial charge in [0, 0.05) is 33.6 Å². The van der Waals surface area contributed by atoms with Gasteiger partial charge < -0.3 is 254 Å². The van der Waals surface area contributed by atoms with Crippen LogP contribution in [0.4, 0.5) is 0 Å². The molecule has 10 aliphatic heterocycles. The van der Waals surface area contributed by atoms with Gasteiger partial charge in [-0.3, -0.25) is 24.0 Å². The van der Waals surface area contributed by atoms with E-state index in [9.17, 15) is 162 Å². The van der Waals surface area contributed by atoms with E-state index < -0.39 is 408 Å². The number of aliphatic hydroxyl groups is 27. The van der Waals surface area contributed by atoms with Gasteiger partial charge in [-0.1, -0.05) is 6.92 Å². The number of ether oxygens (including phenoxy) is 20. The van der Waals surface area contributed by atoms with Crippen LogP contribution in [-0.2, 0) is 119 Å². The van der Waals surface area contributed by atoms with E-state index in [0.717, 1.165) is 27.7 Å². The Balaban J connectivity index is 0.954. The number of hydrogen-bond acceptors (Lipinski definition) is 52. The van der Waals surface area contributed by atoms with Crippen molar-refractivity contribution in [1.29, 1.82) is 0 Å². The summed E-state index contributed by atoms with van der Waals surface area (Å²) in [7, 11) is 0. The fourth-order valence-electron chi connectivity index (χ4n) is 16.9. The first-order valence-electron chi connectivity index (χ1n) is 41.4. The molecule has 0 aromatic heterocycles. The lowest BCUT2D eigenvalue weighted by molar-refractivity contribution is -0.424. The molecule has 4 amide bonds. The second-order valence-corrected chi connectivity index (χ2v) is 33.0. The molecular weight excluding hydrogens is 1760 g/mol. The smallest absolute Gasteiger partial charge is 0.332 e. The minimum absolute atomic E-state index is 0.192. The van der Waals surface area contributed by atoms with E-state index in [1.54, 1.807) is 0 Å². The van der Waals surface area contributed by atoms with Crippen LogP contribution in [0.25, 0.3) is 0 Å². The third kappa shape index (κ3) is 23.9. The highest BCUT2D eigenvalue weighted by molar-refractivity contribution is 5.74. The van der Waals surface area contributed by atoms with Crippen molar-refractivity contribution in [3.63, 3.8) is 0 Å². The van der Waals surface area contributed by atoms with Crippen molar-refractivity contribution in [2.45, 2.75) is 354 Å². The summed E-state index contributed by atoms with van der Waals surface area (Å²) in [6.45, 7) is -4.52. The van der Waals surface area contributed by atoms with Gasteiger partial charge in [-0.2, -0.15) is 0 Å². The molecule has 129 heavy (non-hydrogen) atoms. The molecule has 56 heteroatoms. The molecule has 0 aliphatic carbocycles. The van der Waals surface area contributed by atoms with Crippen LogP contribution in [0.1, 0.15) is 48.0 Å². The molecule has 10 aliphatic rings. The third-order valence-corrected chi connectivity index (χ3v) is 24.0. The summed E-state index contributed by atoms with van der Waals surface area (Å²) in [6, 6.07) is -7.13. The Labute approximate surface area is 732 Å². The van der Waals surface area contributed by atoms with Crippen LogP contribution in [-0.4, -0.2) is 540 Å². The lowest BCUT2D eigenvalue weighted by atomic mass is 9.87. The fraction of sp³-hybridized carbons (Fsp3) is 0.932. The Morgan fingerprint density at radius 3 is 1.07 bits per heavy atom. The molecule has 746 valence electrons. The number of carbonyl (C=O) groups excluding carboxylic acids is 5. The van der Waals surface area contributed by atoms with Crippen molar-refractivity contribution in [3.8, 4) is 0 Å². The monoisotopic (exact) mass is 1890 g/mol. The lowest BCUT2D eigenvalue weighted by Crippen LogP contribution is -2.71. The summed E-state index contributed by atoms with van der Waals surface area (Å²) < 4.78 is 119. The minimum atomic E-state index is -2.66. The molecule has 10 rings (SSSR count). The van der Waals surface area contributed by atoms with Crippen molar-refractivity contribution in [2.75, 3.05) is 66.1 Å². The molecule has 56 nitrogen and oxygen atoms in total. The summed E-state index contributed by atoms with van der Waals surface area (Å²) in [5.41, 5.74) is 0. The predicted molar refractivity (Wildman–Crippen MR) is 399 cm³/mol. The van der Waals surface area contributed by atoms with Gasteiger partial charge in [-0.15, -0.1) is 0 Å². The molecule has 10 fully saturated rings. The van der Waals surface area contributed by atoms with Gasteiger partial charge in [0.2, 0.25) is 23.6 Å². The normalized spacial score (nSPS) is 48.1. The van der Waals surface area contributed by atoms with E-state index in [0.29, 0.717) is 0 Å². The topological polar surface area (TPSA) is 864 Å². The molecule has 0 aromatic rings. The van der Waals surface area contributed by atoms with Crippen molar-refractivity contribution in [3.05, 3.63) is 0 Å². The second-order valence-electron chi connectivity index (χ2n) is 33.0. The Morgan fingerprint density at radius 1 is 0.349 bits per heavy atom. The zero-order valence-electron chi connectivity index (χ0n) is 70.0. The first kappa shape index (κ1) is 107. The highest BCUT2D eigenvalue weighted by Gasteiger charge is 2.62. The summed E-state index contributed by atoms with van der Waals surface area (Å²) in [4.78, 5) is 63.5. The second kappa shape index (κ2) is 46.6. The van der Waals surface area contributed by atoms with Crippen LogP contribution >= 0.6 is 0 Å². The molecule has 10 saturated heterocycles. The fourth-order valence-corrected chi connectivity index (χ4v) is 16.9. The van der Waals surface area contributed by atoms with Crippen LogP contribution in [0.15, 0.2) is 0 Å². The maximum atomic E-state index is 13.2. The zero-order chi connectivity index (χ0) is 95.1. The summed E-state index contributed by atoms with van der Waals surface area (Å²) in [6.07, 6.45) is -93.9. The maximum absolute atomic E-state index is 13.2. The molecule has 0 aromatic carbocycles. The van der Waals surface area contributed by atoms with E-state index in [4.69, 9.17) is 94.7 Å². The van der Waals surface area contributed by atoms with Crippen LogP contribution < -0.4 is 21.3 Å². The molecular formula is C73H122N4O52. The molecule has 0 bridgehead atoms. The van der Waals surface area contributed by atoms with Crippen LogP contribution in [0.3, 0.4) is 0 Å². The Kier molecular flexibility index (Phi) is 38.5. The largest absolute Gasteiger partial charge is 0.410 e. The molecule has 0 spiro atoms. The van der Waals surface area contributed by atoms with E-state index in [1.165, 1.54) is 13.8 Å². The van der Waals surface area contributed by atoms with Gasteiger partial charge in [-0.05, 0) is 6.92 Å². The summed E-state index contributed by atoms with van der Waals surface area (Å²) >= 11 is 0. The quantitative estimate of drug-likeness (QED) is 0.0205. The molecule has 0 radical (unpaired) electrons. The standard InChI is InChI=1S/C73H122N4O52/c1-19-25(91)7-73(112-18-86,129-57(19)40(93)26(92)8-78)111-17-35-44(97)51(104)55(108)69(121-35)124-60-32(14-84)118-66(38(48(60)101)76-23(5)89)127-63-52(105)42(95)28(10-80)115-71(63)110-16-34-45(98)62(56(109)70(120-34)125-61-33(15-85)117-65(37(47(61)100)75-22(4)88)122-58-30(12-82)113-20(2)36(46(58)99)74-21(3)87)126-72-64(53(106)43(96)29(11-81)116-72)128-67-39(77-24(6)90)49(102)59(31(13-83)119-67)123-68-54(107)50(103)41(94)27(9-79)114-68/h18-20,25-72,78-85,91-109H,7-17H2,1-6H3,(H,74,87)(H,75,88)(H,76,89)(H,77,90)/t19-,20+,25+,26+,27?,28?,29-,30?,31?,32-,33?,34?,35?,36?,37?,38?,39?,40-,41+,42+,43+,44+,45+,46-,47-,48?,49-,50+,51+,52+,53?,54?,55?,56?,57?,58+,59+,60-,61+,62+,63?,64?,65+,66-,67+,68+,69+,70+,71-,72+,73+/m1/s1. The Hall–Kier alpha value is -4.49. The average molecular weight is 1890 g/mol. The molecule has 10 heterocycles. The molecule has 19 unspecified atom stereocenters. The lowest BCUT2D eigenvalue weighted by Gasteiger charge is -2.51. The van der Waals surface area contributed by atoms with Gasteiger partial charge in [0.05, 0.1) is 96.8 Å². The zero-order valence-corrected chi connectivity index (χ0v) is 70.0. The van der Waals surface area contributed by atoms with Crippen molar-refractivity contribution in [2.24, 2.45) is 5.92 Å². The first-order chi connectivity index (χ1) is 61.0. The predicted octanol–water partition coefficient (Wildman–Crippen LogP) is -20.6. The number of aliphatic hydroxyl groups excluding tert-OH is 27. The highest BCUT2D eigenvalue weighted by atomic mass is 16.9. The van der Waals surface area contributed by atoms with Gasteiger partial charge in [0.15, 0.2) is 50.3 Å². The summed E-state index contributed by atoms with van der Waals surface area (Å²) in [5, 5.41) is 312. The van der Waals surface area contributed by atoms with E-state index in [2.05, 4.69) is 21.3 Å². The van der Waals surface area contributed by atoms with E-state index in [-0.39, 0.29) is 6.47 Å². The number of amides is 4. The highest BCUT2D eigenvalue weighted by Crippen LogP contribution is 2.43. The molecule has 0 saturated carbocycles.